The average Bonchev–Trinajstić information content (AvgIpc) is 3.21. The van der Waals surface area contributed by atoms with Crippen LogP contribution >= 0.6 is 11.3 Å². The van der Waals surface area contributed by atoms with Gasteiger partial charge in [-0.3, -0.25) is 4.68 Å². The zero-order valence-electron chi connectivity index (χ0n) is 14.0. The van der Waals surface area contributed by atoms with E-state index in [1.54, 1.807) is 11.3 Å². The van der Waals surface area contributed by atoms with Crippen molar-refractivity contribution in [1.29, 1.82) is 0 Å². The molecule has 0 amide bonds. The fourth-order valence-corrected chi connectivity index (χ4v) is 3.85. The second-order valence-electron chi connectivity index (χ2n) is 6.42. The Bertz CT molecular complexity index is 920. The number of aryl methyl sites for hydroxylation is 1. The number of nitrogens with zero attached hydrogens (tertiary/aromatic N) is 4. The van der Waals surface area contributed by atoms with Crippen LogP contribution in [0.5, 0.6) is 0 Å². The molecule has 24 heavy (non-hydrogen) atoms. The van der Waals surface area contributed by atoms with Crippen LogP contribution in [0.25, 0.3) is 21.3 Å². The van der Waals surface area contributed by atoms with Crippen molar-refractivity contribution in [2.24, 2.45) is 13.0 Å². The van der Waals surface area contributed by atoms with Gasteiger partial charge >= 0.3 is 0 Å². The summed E-state index contributed by atoms with van der Waals surface area (Å²) in [6.45, 7) is 2.29. The van der Waals surface area contributed by atoms with Crippen LogP contribution < -0.4 is 0 Å². The van der Waals surface area contributed by atoms with Crippen molar-refractivity contribution < 1.29 is 0 Å². The number of fused-ring (bicyclic) bond motifs is 1. The van der Waals surface area contributed by atoms with Crippen molar-refractivity contribution >= 4 is 22.2 Å². The molecule has 1 aliphatic heterocycles. The van der Waals surface area contributed by atoms with Gasteiger partial charge in [-0.25, -0.2) is 4.98 Å². The molecule has 3 aromatic rings. The molecule has 4 nitrogen and oxygen atoms in total. The molecule has 5 heteroatoms. The minimum absolute atomic E-state index is 0.513. The first-order valence-electron chi connectivity index (χ1n) is 8.27. The van der Waals surface area contributed by atoms with Gasteiger partial charge in [0.25, 0.3) is 0 Å². The third kappa shape index (κ3) is 3.08. The Labute approximate surface area is 146 Å². The lowest BCUT2D eigenvalue weighted by atomic mass is 9.98. The van der Waals surface area contributed by atoms with Crippen LogP contribution in [0.2, 0.25) is 0 Å². The van der Waals surface area contributed by atoms with Crippen LogP contribution in [0, 0.1) is 17.8 Å². The Morgan fingerprint density at radius 3 is 2.83 bits per heavy atom. The van der Waals surface area contributed by atoms with Gasteiger partial charge in [-0.1, -0.05) is 18.1 Å². The van der Waals surface area contributed by atoms with E-state index in [4.69, 9.17) is 0 Å². The second kappa shape index (κ2) is 6.39. The third-order valence-electron chi connectivity index (χ3n) is 4.64. The number of likely N-dealkylation sites (tertiary alicyclic amines) is 1. The fraction of sp³-hybridized carbons (Fsp3) is 0.368. The highest BCUT2D eigenvalue weighted by Crippen LogP contribution is 2.28. The number of aromatic nitrogens is 3. The predicted octanol–water partition coefficient (Wildman–Crippen LogP) is 3.39. The van der Waals surface area contributed by atoms with Crippen LogP contribution in [0.1, 0.15) is 17.8 Å². The largest absolute Gasteiger partial charge is 0.306 e. The van der Waals surface area contributed by atoms with E-state index < -0.39 is 0 Å². The number of benzene rings is 1. The van der Waals surface area contributed by atoms with Gasteiger partial charge in [0.2, 0.25) is 0 Å². The highest BCUT2D eigenvalue weighted by atomic mass is 32.1. The van der Waals surface area contributed by atoms with Gasteiger partial charge in [0.15, 0.2) is 5.01 Å². The molecule has 4 rings (SSSR count). The SMILES string of the molecule is CN1CCC(C#Cc2ncc(-c3ccc4cnn(C)c4c3)s2)CC1. The highest BCUT2D eigenvalue weighted by molar-refractivity contribution is 7.15. The van der Waals surface area contributed by atoms with Gasteiger partial charge < -0.3 is 4.90 Å². The van der Waals surface area contributed by atoms with Crippen molar-refractivity contribution in [2.75, 3.05) is 20.1 Å². The Morgan fingerprint density at radius 2 is 2.00 bits per heavy atom. The number of rotatable bonds is 1. The minimum atomic E-state index is 0.513. The van der Waals surface area contributed by atoms with E-state index in [1.807, 2.05) is 24.1 Å². The molecular formula is C19H20N4S. The van der Waals surface area contributed by atoms with Gasteiger partial charge in [-0.15, -0.1) is 11.3 Å². The summed E-state index contributed by atoms with van der Waals surface area (Å²) in [5.41, 5.74) is 2.32. The first-order chi connectivity index (χ1) is 11.7. The van der Waals surface area contributed by atoms with Crippen LogP contribution in [0.4, 0.5) is 0 Å². The van der Waals surface area contributed by atoms with Crippen LogP contribution in [-0.4, -0.2) is 39.8 Å². The molecule has 0 spiro atoms. The predicted molar refractivity (Wildman–Crippen MR) is 98.9 cm³/mol. The number of thiazole rings is 1. The van der Waals surface area contributed by atoms with E-state index in [-0.39, 0.29) is 0 Å². The first-order valence-corrected chi connectivity index (χ1v) is 9.09. The summed E-state index contributed by atoms with van der Waals surface area (Å²) in [7, 11) is 4.15. The van der Waals surface area contributed by atoms with Gasteiger partial charge in [-0.2, -0.15) is 5.10 Å². The molecule has 1 aliphatic rings. The lowest BCUT2D eigenvalue weighted by Gasteiger charge is -2.25. The fourth-order valence-electron chi connectivity index (χ4n) is 3.08. The summed E-state index contributed by atoms with van der Waals surface area (Å²) in [4.78, 5) is 8.02. The maximum absolute atomic E-state index is 4.49. The number of piperidine rings is 1. The molecule has 122 valence electrons. The van der Waals surface area contributed by atoms with E-state index in [9.17, 15) is 0 Å². The first kappa shape index (κ1) is 15.4. The van der Waals surface area contributed by atoms with Crippen molar-refractivity contribution in [1.82, 2.24) is 19.7 Å². The van der Waals surface area contributed by atoms with Gasteiger partial charge in [-0.05, 0) is 50.5 Å². The smallest absolute Gasteiger partial charge is 0.167 e. The van der Waals surface area contributed by atoms with Crippen molar-refractivity contribution in [2.45, 2.75) is 12.8 Å². The molecule has 0 N–H and O–H groups in total. The van der Waals surface area contributed by atoms with Gasteiger partial charge in [0, 0.05) is 24.5 Å². The summed E-state index contributed by atoms with van der Waals surface area (Å²) in [6, 6.07) is 6.41. The zero-order chi connectivity index (χ0) is 16.5. The van der Waals surface area contributed by atoms with Gasteiger partial charge in [0.1, 0.15) is 0 Å². The Morgan fingerprint density at radius 1 is 1.17 bits per heavy atom. The maximum Gasteiger partial charge on any atom is 0.167 e. The quantitative estimate of drug-likeness (QED) is 0.639. The molecule has 0 saturated carbocycles. The van der Waals surface area contributed by atoms with Crippen molar-refractivity contribution in [3.63, 3.8) is 0 Å². The lowest BCUT2D eigenvalue weighted by Crippen LogP contribution is -2.29. The van der Waals surface area contributed by atoms with E-state index in [2.05, 4.69) is 52.1 Å². The second-order valence-corrected chi connectivity index (χ2v) is 7.45. The molecule has 0 aliphatic carbocycles. The maximum atomic E-state index is 4.49. The lowest BCUT2D eigenvalue weighted by molar-refractivity contribution is 0.248. The van der Waals surface area contributed by atoms with Crippen molar-refractivity contribution in [3.8, 4) is 22.3 Å². The third-order valence-corrected chi connectivity index (χ3v) is 5.60. The molecule has 0 atom stereocenters. The standard InChI is InChI=1S/C19H20N4S/c1-22-9-7-14(8-10-22)3-6-19-20-13-18(24-19)15-4-5-16-12-21-23(2)17(16)11-15/h4-5,11-14H,7-10H2,1-2H3. The van der Waals surface area contributed by atoms with Crippen molar-refractivity contribution in [3.05, 3.63) is 35.6 Å². The molecule has 3 heterocycles. The topological polar surface area (TPSA) is 34.0 Å². The van der Waals surface area contributed by atoms with E-state index in [0.29, 0.717) is 5.92 Å². The van der Waals surface area contributed by atoms with E-state index in [1.165, 1.54) is 18.4 Å². The monoisotopic (exact) mass is 336 g/mol. The Hall–Kier alpha value is -2.16. The summed E-state index contributed by atoms with van der Waals surface area (Å²) >= 11 is 1.67. The van der Waals surface area contributed by atoms with Crippen LogP contribution in [0.15, 0.2) is 30.6 Å². The summed E-state index contributed by atoms with van der Waals surface area (Å²) in [5, 5.41) is 6.37. The molecule has 1 aromatic carbocycles. The van der Waals surface area contributed by atoms with Gasteiger partial charge in [0.05, 0.1) is 16.6 Å². The molecule has 0 radical (unpaired) electrons. The average molecular weight is 336 g/mol. The summed E-state index contributed by atoms with van der Waals surface area (Å²) in [6.07, 6.45) is 6.16. The molecule has 2 aromatic heterocycles. The summed E-state index contributed by atoms with van der Waals surface area (Å²) in [5.74, 6) is 7.21. The molecule has 1 saturated heterocycles. The van der Waals surface area contributed by atoms with E-state index in [0.717, 1.165) is 33.9 Å². The normalized spacial score (nSPS) is 16.2. The Kier molecular flexibility index (Phi) is 4.09. The number of hydrogen-bond donors (Lipinski definition) is 0. The Balaban J connectivity index is 1.55. The molecule has 0 bridgehead atoms. The molecule has 0 unspecified atom stereocenters. The minimum Gasteiger partial charge on any atom is -0.306 e. The van der Waals surface area contributed by atoms with Crippen LogP contribution in [-0.2, 0) is 7.05 Å². The molecular weight excluding hydrogens is 316 g/mol. The zero-order valence-corrected chi connectivity index (χ0v) is 14.8. The van der Waals surface area contributed by atoms with E-state index >= 15 is 0 Å². The van der Waals surface area contributed by atoms with Crippen LogP contribution in [0.3, 0.4) is 0 Å². The highest BCUT2D eigenvalue weighted by Gasteiger charge is 2.14. The molecule has 1 fully saturated rings. The number of hydrogen-bond acceptors (Lipinski definition) is 4. The summed E-state index contributed by atoms with van der Waals surface area (Å²) < 4.78 is 1.90.